The van der Waals surface area contributed by atoms with Crippen LogP contribution in [0.2, 0.25) is 5.02 Å². The Balaban J connectivity index is 1.53. The van der Waals surface area contributed by atoms with Crippen LogP contribution in [0.1, 0.15) is 16.7 Å². The number of nitrogens with one attached hydrogen (secondary N) is 1. The molecule has 0 amide bonds. The minimum atomic E-state index is -0.995. The largest absolute Gasteiger partial charge is 0.480 e. The number of hydrogen-bond acceptors (Lipinski definition) is 5. The molecule has 1 heterocycles. The van der Waals surface area contributed by atoms with Gasteiger partial charge < -0.3 is 14.8 Å². The Morgan fingerprint density at radius 1 is 0.889 bits per heavy atom. The lowest BCUT2D eigenvalue weighted by atomic mass is 9.84. The van der Waals surface area contributed by atoms with E-state index in [0.29, 0.717) is 16.1 Å². The summed E-state index contributed by atoms with van der Waals surface area (Å²) in [6.45, 7) is 0. The van der Waals surface area contributed by atoms with E-state index in [2.05, 4.69) is 46.7 Å². The Hall–Kier alpha value is -3.74. The summed E-state index contributed by atoms with van der Waals surface area (Å²) >= 11 is 7.61. The molecule has 180 valence electrons. The zero-order valence-electron chi connectivity index (χ0n) is 19.2. The van der Waals surface area contributed by atoms with E-state index in [-0.39, 0.29) is 11.8 Å². The number of aliphatic carboxylic acids is 1. The van der Waals surface area contributed by atoms with E-state index >= 15 is 0 Å². The van der Waals surface area contributed by atoms with Gasteiger partial charge in [0.15, 0.2) is 5.58 Å². The second-order valence-electron chi connectivity index (χ2n) is 8.26. The maximum absolute atomic E-state index is 12.3. The highest BCUT2D eigenvalue weighted by Crippen LogP contribution is 2.48. The minimum Gasteiger partial charge on any atom is -0.480 e. The van der Waals surface area contributed by atoms with Crippen LogP contribution in [0, 0.1) is 0 Å². The number of carbonyl (C=O) groups is 1. The summed E-state index contributed by atoms with van der Waals surface area (Å²) in [5, 5.41) is 13.6. The average Bonchev–Trinajstić information content (AvgIpc) is 3.31. The molecule has 1 atom stereocenters. The zero-order valence-corrected chi connectivity index (χ0v) is 20.7. The van der Waals surface area contributed by atoms with Crippen molar-refractivity contribution in [2.24, 2.45) is 0 Å². The molecule has 2 N–H and O–H groups in total. The molecule has 0 spiro atoms. The van der Waals surface area contributed by atoms with Crippen molar-refractivity contribution in [1.82, 2.24) is 4.98 Å². The third kappa shape index (κ3) is 4.83. The Kier molecular flexibility index (Phi) is 6.98. The first kappa shape index (κ1) is 24.0. The van der Waals surface area contributed by atoms with Crippen LogP contribution in [-0.4, -0.2) is 27.9 Å². The van der Waals surface area contributed by atoms with Crippen LogP contribution in [-0.2, 0) is 9.54 Å². The minimum absolute atomic E-state index is 0.144. The smallest absolute Gasteiger partial charge is 0.327 e. The number of rotatable bonds is 9. The van der Waals surface area contributed by atoms with Crippen LogP contribution in [0.15, 0.2) is 114 Å². The maximum Gasteiger partial charge on any atom is 0.327 e. The molecule has 5 rings (SSSR count). The van der Waals surface area contributed by atoms with Crippen LogP contribution >= 0.6 is 23.4 Å². The van der Waals surface area contributed by atoms with Gasteiger partial charge in [-0.25, -0.2) is 4.79 Å². The van der Waals surface area contributed by atoms with Crippen LogP contribution in [0.5, 0.6) is 0 Å². The Labute approximate surface area is 218 Å². The summed E-state index contributed by atoms with van der Waals surface area (Å²) in [5.74, 6) is -0.751. The summed E-state index contributed by atoms with van der Waals surface area (Å²) in [6.07, 6.45) is 0. The predicted molar refractivity (Wildman–Crippen MR) is 146 cm³/mol. The Morgan fingerprint density at radius 2 is 1.42 bits per heavy atom. The number of oxazole rings is 1. The van der Waals surface area contributed by atoms with Crippen LogP contribution in [0.4, 0.5) is 6.01 Å². The van der Waals surface area contributed by atoms with Gasteiger partial charge in [0.1, 0.15) is 11.6 Å². The van der Waals surface area contributed by atoms with E-state index in [9.17, 15) is 9.90 Å². The van der Waals surface area contributed by atoms with E-state index in [4.69, 9.17) is 16.0 Å². The van der Waals surface area contributed by atoms with Gasteiger partial charge in [-0.2, -0.15) is 4.98 Å². The van der Waals surface area contributed by atoms with Crippen LogP contribution in [0.25, 0.3) is 11.1 Å². The number of fused-ring (bicyclic) bond motifs is 1. The van der Waals surface area contributed by atoms with Crippen molar-refractivity contribution in [3.63, 3.8) is 0 Å². The van der Waals surface area contributed by atoms with Gasteiger partial charge in [-0.1, -0.05) is 103 Å². The third-order valence-corrected chi connectivity index (χ3v) is 7.83. The highest BCUT2D eigenvalue weighted by Gasteiger charge is 2.38. The molecule has 0 radical (unpaired) electrons. The van der Waals surface area contributed by atoms with Gasteiger partial charge in [0.2, 0.25) is 0 Å². The number of benzene rings is 4. The molecule has 0 aliphatic heterocycles. The molecule has 0 saturated carbocycles. The zero-order chi connectivity index (χ0) is 25.0. The number of hydrogen-bond donors (Lipinski definition) is 2. The molecule has 5 aromatic rings. The fraction of sp³-hybridized carbons (Fsp3) is 0.103. The molecular weight excluding hydrogens is 492 g/mol. The number of anilines is 1. The van der Waals surface area contributed by atoms with Crippen LogP contribution in [0.3, 0.4) is 0 Å². The van der Waals surface area contributed by atoms with Gasteiger partial charge in [-0.05, 0) is 28.8 Å². The van der Waals surface area contributed by atoms with Gasteiger partial charge in [-0.15, -0.1) is 11.8 Å². The molecule has 36 heavy (non-hydrogen) atoms. The normalized spacial score (nSPS) is 12.4. The molecule has 0 fully saturated rings. The SMILES string of the molecule is O=C(O)[C@H](CSC(c1ccccc1)(c1ccccc1)c1ccccc1)Nc1nc2ccc(Cl)cc2o1. The van der Waals surface area contributed by atoms with Crippen molar-refractivity contribution in [3.05, 3.63) is 131 Å². The number of carboxylic acid groups (broad SMARTS) is 1. The molecule has 0 aliphatic rings. The summed E-state index contributed by atoms with van der Waals surface area (Å²) in [5.41, 5.74) is 4.29. The van der Waals surface area contributed by atoms with E-state index in [1.165, 1.54) is 0 Å². The van der Waals surface area contributed by atoms with Gasteiger partial charge >= 0.3 is 5.97 Å². The summed E-state index contributed by atoms with van der Waals surface area (Å²) in [7, 11) is 0. The number of thioether (sulfide) groups is 1. The topological polar surface area (TPSA) is 75.4 Å². The van der Waals surface area contributed by atoms with Crippen LogP contribution < -0.4 is 5.32 Å². The third-order valence-electron chi connectivity index (χ3n) is 5.95. The molecule has 0 aliphatic carbocycles. The van der Waals surface area contributed by atoms with Crippen molar-refractivity contribution < 1.29 is 14.3 Å². The number of halogens is 1. The van der Waals surface area contributed by atoms with Gasteiger partial charge in [0.05, 0.1) is 4.75 Å². The Morgan fingerprint density at radius 3 is 1.92 bits per heavy atom. The molecule has 0 bridgehead atoms. The number of carboxylic acids is 1. The number of nitrogens with zero attached hydrogens (tertiary/aromatic N) is 1. The van der Waals surface area contributed by atoms with E-state index in [1.807, 2.05) is 54.6 Å². The quantitative estimate of drug-likeness (QED) is 0.205. The van der Waals surface area contributed by atoms with Crippen molar-refractivity contribution in [2.75, 3.05) is 11.1 Å². The van der Waals surface area contributed by atoms with E-state index < -0.39 is 16.8 Å². The van der Waals surface area contributed by atoms with Gasteiger partial charge in [0.25, 0.3) is 6.01 Å². The van der Waals surface area contributed by atoms with Crippen molar-refractivity contribution >= 4 is 46.4 Å². The fourth-order valence-corrected chi connectivity index (χ4v) is 5.97. The summed E-state index contributed by atoms with van der Waals surface area (Å²) < 4.78 is 5.11. The average molecular weight is 515 g/mol. The van der Waals surface area contributed by atoms with Crippen molar-refractivity contribution in [2.45, 2.75) is 10.8 Å². The monoisotopic (exact) mass is 514 g/mol. The lowest BCUT2D eigenvalue weighted by Crippen LogP contribution is -2.35. The van der Waals surface area contributed by atoms with Crippen molar-refractivity contribution in [3.8, 4) is 0 Å². The number of aromatic nitrogens is 1. The predicted octanol–water partition coefficient (Wildman–Crippen LogP) is 7.07. The molecule has 5 nitrogen and oxygen atoms in total. The van der Waals surface area contributed by atoms with E-state index in [0.717, 1.165) is 16.7 Å². The summed E-state index contributed by atoms with van der Waals surface area (Å²) in [6, 6.07) is 34.8. The molecular formula is C29H23ClN2O3S. The maximum atomic E-state index is 12.3. The molecule has 0 saturated heterocycles. The molecule has 1 aromatic heterocycles. The molecule has 7 heteroatoms. The Bertz CT molecular complexity index is 1360. The molecule has 0 unspecified atom stereocenters. The lowest BCUT2D eigenvalue weighted by Gasteiger charge is -2.36. The second-order valence-corrected chi connectivity index (χ2v) is 9.93. The fourth-order valence-electron chi connectivity index (χ4n) is 4.26. The lowest BCUT2D eigenvalue weighted by molar-refractivity contribution is -0.137. The first-order chi connectivity index (χ1) is 17.6. The first-order valence-electron chi connectivity index (χ1n) is 11.4. The second kappa shape index (κ2) is 10.5. The molecule has 4 aromatic carbocycles. The summed E-state index contributed by atoms with van der Waals surface area (Å²) in [4.78, 5) is 16.7. The van der Waals surface area contributed by atoms with Crippen molar-refractivity contribution in [1.29, 1.82) is 0 Å². The van der Waals surface area contributed by atoms with E-state index in [1.54, 1.807) is 30.0 Å². The van der Waals surface area contributed by atoms with Gasteiger partial charge in [0, 0.05) is 16.8 Å². The standard InChI is InChI=1S/C29H23ClN2O3S/c30-23-16-17-24-26(18-23)35-28(31-24)32-25(27(33)34)19-36-29(20-10-4-1-5-11-20,21-12-6-2-7-13-21)22-14-8-3-9-15-22/h1-18,25H,19H2,(H,31,32)(H,33,34)/t25-/m0/s1. The van der Waals surface area contributed by atoms with Gasteiger partial charge in [-0.3, -0.25) is 0 Å². The first-order valence-corrected chi connectivity index (χ1v) is 12.8. The highest BCUT2D eigenvalue weighted by atomic mass is 35.5. The highest BCUT2D eigenvalue weighted by molar-refractivity contribution is 8.00.